The molecule has 24 heavy (non-hydrogen) atoms. The van der Waals surface area contributed by atoms with Gasteiger partial charge in [-0.25, -0.2) is 9.37 Å². The maximum absolute atomic E-state index is 12.9. The van der Waals surface area contributed by atoms with Crippen molar-refractivity contribution in [2.75, 3.05) is 5.32 Å². The zero-order valence-electron chi connectivity index (χ0n) is 13.8. The van der Waals surface area contributed by atoms with Crippen molar-refractivity contribution < 1.29 is 14.0 Å². The Bertz CT molecular complexity index is 729. The number of amides is 2. The van der Waals surface area contributed by atoms with Crippen LogP contribution in [0.3, 0.4) is 0 Å². The molecule has 2 amide bonds. The molecule has 1 unspecified atom stereocenters. The zero-order chi connectivity index (χ0) is 17.7. The van der Waals surface area contributed by atoms with E-state index in [2.05, 4.69) is 15.6 Å². The van der Waals surface area contributed by atoms with Crippen LogP contribution in [0.5, 0.6) is 0 Å². The second kappa shape index (κ2) is 7.68. The van der Waals surface area contributed by atoms with Crippen LogP contribution in [0.1, 0.15) is 29.9 Å². The van der Waals surface area contributed by atoms with Gasteiger partial charge < -0.3 is 10.6 Å². The SMILES string of the molecule is Cc1cccc(NC(=O)C(NC(=O)c2ccc(F)cc2)C(C)C)n1. The molecule has 0 aliphatic rings. The first-order valence-corrected chi connectivity index (χ1v) is 7.68. The van der Waals surface area contributed by atoms with E-state index in [0.29, 0.717) is 11.4 Å². The molecule has 0 saturated carbocycles. The Hall–Kier alpha value is -2.76. The zero-order valence-corrected chi connectivity index (χ0v) is 13.8. The van der Waals surface area contributed by atoms with Crippen molar-refractivity contribution in [3.05, 3.63) is 59.5 Å². The van der Waals surface area contributed by atoms with Gasteiger partial charge in [0.1, 0.15) is 17.7 Å². The highest BCUT2D eigenvalue weighted by molar-refractivity contribution is 6.00. The maximum Gasteiger partial charge on any atom is 0.251 e. The minimum absolute atomic E-state index is 0.126. The van der Waals surface area contributed by atoms with Gasteiger partial charge in [-0.3, -0.25) is 9.59 Å². The van der Waals surface area contributed by atoms with E-state index in [-0.39, 0.29) is 11.8 Å². The molecule has 2 N–H and O–H groups in total. The van der Waals surface area contributed by atoms with Gasteiger partial charge in [-0.1, -0.05) is 19.9 Å². The fraction of sp³-hybridized carbons (Fsp3) is 0.278. The average molecular weight is 329 g/mol. The molecule has 0 aliphatic heterocycles. The van der Waals surface area contributed by atoms with Crippen LogP contribution >= 0.6 is 0 Å². The topological polar surface area (TPSA) is 71.1 Å². The van der Waals surface area contributed by atoms with Crippen LogP contribution in [-0.4, -0.2) is 22.8 Å². The highest BCUT2D eigenvalue weighted by atomic mass is 19.1. The van der Waals surface area contributed by atoms with Crippen LogP contribution in [-0.2, 0) is 4.79 Å². The number of carbonyl (C=O) groups excluding carboxylic acids is 2. The Balaban J connectivity index is 2.09. The van der Waals surface area contributed by atoms with Gasteiger partial charge in [0.15, 0.2) is 0 Å². The van der Waals surface area contributed by atoms with Gasteiger partial charge in [0.25, 0.3) is 5.91 Å². The standard InChI is InChI=1S/C18H20FN3O2/c1-11(2)16(18(24)21-15-6-4-5-12(3)20-15)22-17(23)13-7-9-14(19)10-8-13/h4-11,16H,1-3H3,(H,22,23)(H,20,21,24). The summed E-state index contributed by atoms with van der Waals surface area (Å²) in [5, 5.41) is 5.39. The van der Waals surface area contributed by atoms with Gasteiger partial charge in [0, 0.05) is 11.3 Å². The normalized spacial score (nSPS) is 11.9. The molecule has 0 fully saturated rings. The number of carbonyl (C=O) groups is 2. The molecule has 5 nitrogen and oxygen atoms in total. The summed E-state index contributed by atoms with van der Waals surface area (Å²) >= 11 is 0. The molecule has 0 bridgehead atoms. The maximum atomic E-state index is 12.9. The molecule has 2 rings (SSSR count). The van der Waals surface area contributed by atoms with Gasteiger partial charge in [-0.05, 0) is 49.2 Å². The molecule has 2 aromatic rings. The molecule has 0 spiro atoms. The molecule has 0 aliphatic carbocycles. The van der Waals surface area contributed by atoms with Gasteiger partial charge in [-0.2, -0.15) is 0 Å². The van der Waals surface area contributed by atoms with Crippen LogP contribution in [0.4, 0.5) is 10.2 Å². The summed E-state index contributed by atoms with van der Waals surface area (Å²) in [5.41, 5.74) is 1.08. The summed E-state index contributed by atoms with van der Waals surface area (Å²) in [6, 6.07) is 9.73. The quantitative estimate of drug-likeness (QED) is 0.886. The van der Waals surface area contributed by atoms with Crippen molar-refractivity contribution in [1.82, 2.24) is 10.3 Å². The lowest BCUT2D eigenvalue weighted by molar-refractivity contribution is -0.118. The molecular formula is C18H20FN3O2. The number of aromatic nitrogens is 1. The summed E-state index contributed by atoms with van der Waals surface area (Å²) in [5.74, 6) is -0.893. The number of pyridine rings is 1. The predicted octanol–water partition coefficient (Wildman–Crippen LogP) is 2.92. The van der Waals surface area contributed by atoms with E-state index >= 15 is 0 Å². The Kier molecular flexibility index (Phi) is 5.63. The molecular weight excluding hydrogens is 309 g/mol. The third-order valence-corrected chi connectivity index (χ3v) is 3.48. The lowest BCUT2D eigenvalue weighted by Crippen LogP contribution is -2.47. The van der Waals surface area contributed by atoms with E-state index in [1.165, 1.54) is 24.3 Å². The molecule has 1 atom stereocenters. The fourth-order valence-electron chi connectivity index (χ4n) is 2.18. The second-order valence-electron chi connectivity index (χ2n) is 5.86. The number of hydrogen-bond acceptors (Lipinski definition) is 3. The average Bonchev–Trinajstić information content (AvgIpc) is 2.52. The minimum Gasteiger partial charge on any atom is -0.340 e. The van der Waals surface area contributed by atoms with E-state index in [9.17, 15) is 14.0 Å². The Labute approximate surface area is 140 Å². The number of nitrogens with one attached hydrogen (secondary N) is 2. The van der Waals surface area contributed by atoms with E-state index in [0.717, 1.165) is 5.69 Å². The number of nitrogens with zero attached hydrogens (tertiary/aromatic N) is 1. The minimum atomic E-state index is -0.732. The molecule has 1 aromatic carbocycles. The Morgan fingerprint density at radius 1 is 1.08 bits per heavy atom. The summed E-state index contributed by atoms with van der Waals surface area (Å²) in [6.45, 7) is 5.49. The first-order valence-electron chi connectivity index (χ1n) is 7.68. The molecule has 126 valence electrons. The number of rotatable bonds is 5. The van der Waals surface area contributed by atoms with Gasteiger partial charge >= 0.3 is 0 Å². The smallest absolute Gasteiger partial charge is 0.251 e. The Morgan fingerprint density at radius 3 is 2.33 bits per heavy atom. The van der Waals surface area contributed by atoms with E-state index in [1.807, 2.05) is 26.8 Å². The van der Waals surface area contributed by atoms with Gasteiger partial charge in [-0.15, -0.1) is 0 Å². The highest BCUT2D eigenvalue weighted by Gasteiger charge is 2.25. The van der Waals surface area contributed by atoms with Crippen LogP contribution < -0.4 is 10.6 Å². The summed E-state index contributed by atoms with van der Waals surface area (Å²) < 4.78 is 12.9. The number of hydrogen-bond donors (Lipinski definition) is 2. The fourth-order valence-corrected chi connectivity index (χ4v) is 2.18. The summed E-state index contributed by atoms with van der Waals surface area (Å²) in [7, 11) is 0. The lowest BCUT2D eigenvalue weighted by Gasteiger charge is -2.21. The van der Waals surface area contributed by atoms with E-state index in [4.69, 9.17) is 0 Å². The summed E-state index contributed by atoms with van der Waals surface area (Å²) in [4.78, 5) is 28.9. The number of anilines is 1. The largest absolute Gasteiger partial charge is 0.340 e. The molecule has 0 radical (unpaired) electrons. The number of halogens is 1. The number of benzene rings is 1. The van der Waals surface area contributed by atoms with E-state index in [1.54, 1.807) is 12.1 Å². The van der Waals surface area contributed by atoms with Crippen LogP contribution in [0, 0.1) is 18.7 Å². The van der Waals surface area contributed by atoms with Crippen molar-refractivity contribution in [2.45, 2.75) is 26.8 Å². The van der Waals surface area contributed by atoms with Crippen LogP contribution in [0.25, 0.3) is 0 Å². The van der Waals surface area contributed by atoms with Gasteiger partial charge in [0.05, 0.1) is 0 Å². The van der Waals surface area contributed by atoms with Crippen LogP contribution in [0.2, 0.25) is 0 Å². The first-order chi connectivity index (χ1) is 11.4. The second-order valence-corrected chi connectivity index (χ2v) is 5.86. The molecule has 0 saturated heterocycles. The Morgan fingerprint density at radius 2 is 1.75 bits per heavy atom. The number of aryl methyl sites for hydroxylation is 1. The van der Waals surface area contributed by atoms with Crippen molar-refractivity contribution >= 4 is 17.6 Å². The molecule has 1 heterocycles. The first kappa shape index (κ1) is 17.6. The molecule has 6 heteroatoms. The highest BCUT2D eigenvalue weighted by Crippen LogP contribution is 2.10. The summed E-state index contributed by atoms with van der Waals surface area (Å²) in [6.07, 6.45) is 0. The van der Waals surface area contributed by atoms with Crippen molar-refractivity contribution in [3.63, 3.8) is 0 Å². The molecule has 1 aromatic heterocycles. The van der Waals surface area contributed by atoms with Crippen molar-refractivity contribution in [1.29, 1.82) is 0 Å². The van der Waals surface area contributed by atoms with E-state index < -0.39 is 17.8 Å². The monoisotopic (exact) mass is 329 g/mol. The van der Waals surface area contributed by atoms with Crippen LogP contribution in [0.15, 0.2) is 42.5 Å². The third-order valence-electron chi connectivity index (χ3n) is 3.48. The predicted molar refractivity (Wildman–Crippen MR) is 90.1 cm³/mol. The lowest BCUT2D eigenvalue weighted by atomic mass is 10.0. The third kappa shape index (κ3) is 4.62. The van der Waals surface area contributed by atoms with Crippen molar-refractivity contribution in [3.8, 4) is 0 Å². The van der Waals surface area contributed by atoms with Crippen molar-refractivity contribution in [2.24, 2.45) is 5.92 Å². The van der Waals surface area contributed by atoms with Gasteiger partial charge in [0.2, 0.25) is 5.91 Å².